The lowest BCUT2D eigenvalue weighted by Gasteiger charge is -2.09. The molecule has 19 heavy (non-hydrogen) atoms. The van der Waals surface area contributed by atoms with Crippen molar-refractivity contribution in [2.75, 3.05) is 5.32 Å². The molecule has 1 aromatic carbocycles. The second-order valence-corrected chi connectivity index (χ2v) is 4.42. The highest BCUT2D eigenvalue weighted by atomic mass is 32.1. The summed E-state index contributed by atoms with van der Waals surface area (Å²) in [5.74, 6) is -0.235. The Morgan fingerprint density at radius 3 is 2.58 bits per heavy atom. The summed E-state index contributed by atoms with van der Waals surface area (Å²) in [4.78, 5) is 15.9. The molecule has 0 bridgehead atoms. The molecule has 1 aromatic heterocycles. The maximum atomic E-state index is 11.9. The number of carbonyl (C=O) groups excluding carboxylic acids is 1. The molecule has 0 atom stereocenters. The molecule has 96 valence electrons. The van der Waals surface area contributed by atoms with E-state index in [9.17, 15) is 4.79 Å². The number of amides is 1. The van der Waals surface area contributed by atoms with Gasteiger partial charge in [0.2, 0.25) is 0 Å². The van der Waals surface area contributed by atoms with Gasteiger partial charge in [-0.1, -0.05) is 17.7 Å². The quantitative estimate of drug-likeness (QED) is 0.824. The Bertz CT molecular complexity index is 581. The number of thiocarbonyl (C=S) groups is 1. The predicted molar refractivity (Wildman–Crippen MR) is 79.1 cm³/mol. The summed E-state index contributed by atoms with van der Waals surface area (Å²) in [6.45, 7) is 1.97. The van der Waals surface area contributed by atoms with Gasteiger partial charge in [0, 0.05) is 11.8 Å². The summed E-state index contributed by atoms with van der Waals surface area (Å²) in [7, 11) is 0. The lowest BCUT2D eigenvalue weighted by Crippen LogP contribution is -2.34. The van der Waals surface area contributed by atoms with Gasteiger partial charge in [0.1, 0.15) is 0 Å². The lowest BCUT2D eigenvalue weighted by molar-refractivity contribution is 0.0978. The van der Waals surface area contributed by atoms with Crippen LogP contribution < -0.4 is 10.6 Å². The molecule has 0 unspecified atom stereocenters. The van der Waals surface area contributed by atoms with Crippen LogP contribution in [0.1, 0.15) is 15.9 Å². The van der Waals surface area contributed by atoms with Crippen LogP contribution in [-0.4, -0.2) is 16.0 Å². The van der Waals surface area contributed by atoms with Gasteiger partial charge >= 0.3 is 0 Å². The number of rotatable bonds is 2. The van der Waals surface area contributed by atoms with Crippen LogP contribution in [0, 0.1) is 6.92 Å². The molecule has 4 nitrogen and oxygen atoms in total. The highest BCUT2D eigenvalue weighted by Gasteiger charge is 2.07. The second-order valence-electron chi connectivity index (χ2n) is 4.02. The van der Waals surface area contributed by atoms with E-state index in [2.05, 4.69) is 15.6 Å². The lowest BCUT2D eigenvalue weighted by atomic mass is 10.1. The summed E-state index contributed by atoms with van der Waals surface area (Å²) < 4.78 is 0. The first-order valence-corrected chi connectivity index (χ1v) is 6.15. The monoisotopic (exact) mass is 271 g/mol. The summed E-state index contributed by atoms with van der Waals surface area (Å²) in [6, 6.07) is 10.9. The average molecular weight is 271 g/mol. The molecule has 1 heterocycles. The largest absolute Gasteiger partial charge is 0.331 e. The SMILES string of the molecule is Cc1ccc(C(=O)NC(=S)Nc2cccnc2)cc1. The molecular formula is C14H13N3OS. The number of nitrogens with one attached hydrogen (secondary N) is 2. The van der Waals surface area contributed by atoms with E-state index in [4.69, 9.17) is 12.2 Å². The predicted octanol–water partition coefficient (Wildman–Crippen LogP) is 2.52. The van der Waals surface area contributed by atoms with Crippen LogP contribution in [-0.2, 0) is 0 Å². The fourth-order valence-corrected chi connectivity index (χ4v) is 1.69. The second kappa shape index (κ2) is 6.06. The van der Waals surface area contributed by atoms with Gasteiger partial charge in [0.15, 0.2) is 5.11 Å². The van der Waals surface area contributed by atoms with E-state index in [0.717, 1.165) is 11.3 Å². The summed E-state index contributed by atoms with van der Waals surface area (Å²) in [5, 5.41) is 5.76. The Morgan fingerprint density at radius 1 is 1.21 bits per heavy atom. The Labute approximate surface area is 116 Å². The average Bonchev–Trinajstić information content (AvgIpc) is 2.40. The number of hydrogen-bond acceptors (Lipinski definition) is 3. The van der Waals surface area contributed by atoms with Crippen LogP contribution in [0.2, 0.25) is 0 Å². The van der Waals surface area contributed by atoms with Crippen molar-refractivity contribution < 1.29 is 4.79 Å². The number of pyridine rings is 1. The molecule has 5 heteroatoms. The van der Waals surface area contributed by atoms with Crippen molar-refractivity contribution in [2.45, 2.75) is 6.92 Å². The van der Waals surface area contributed by atoms with Gasteiger partial charge < -0.3 is 5.32 Å². The van der Waals surface area contributed by atoms with Crippen LogP contribution in [0.4, 0.5) is 5.69 Å². The van der Waals surface area contributed by atoms with Crippen LogP contribution in [0.5, 0.6) is 0 Å². The van der Waals surface area contributed by atoms with Gasteiger partial charge in [-0.25, -0.2) is 0 Å². The van der Waals surface area contributed by atoms with Crippen molar-refractivity contribution in [3.8, 4) is 0 Å². The number of benzene rings is 1. The molecule has 2 rings (SSSR count). The van der Waals surface area contributed by atoms with E-state index in [1.165, 1.54) is 0 Å². The molecule has 1 amide bonds. The van der Waals surface area contributed by atoms with Gasteiger partial charge in [-0.05, 0) is 43.4 Å². The number of hydrogen-bond donors (Lipinski definition) is 2. The van der Waals surface area contributed by atoms with E-state index in [1.807, 2.05) is 25.1 Å². The zero-order valence-electron chi connectivity index (χ0n) is 10.4. The molecular weight excluding hydrogens is 258 g/mol. The Kier molecular flexibility index (Phi) is 4.20. The topological polar surface area (TPSA) is 54.0 Å². The maximum Gasteiger partial charge on any atom is 0.257 e. The number of nitrogens with zero attached hydrogens (tertiary/aromatic N) is 1. The van der Waals surface area contributed by atoms with Crippen molar-refractivity contribution in [2.24, 2.45) is 0 Å². The van der Waals surface area contributed by atoms with Crippen molar-refractivity contribution in [3.05, 3.63) is 59.9 Å². The minimum Gasteiger partial charge on any atom is -0.331 e. The normalized spacial score (nSPS) is 9.74. The van der Waals surface area contributed by atoms with Gasteiger partial charge in [0.25, 0.3) is 5.91 Å². The van der Waals surface area contributed by atoms with Crippen LogP contribution in [0.25, 0.3) is 0 Å². The van der Waals surface area contributed by atoms with Crippen LogP contribution in [0.3, 0.4) is 0 Å². The van der Waals surface area contributed by atoms with Crippen molar-refractivity contribution in [3.63, 3.8) is 0 Å². The minimum atomic E-state index is -0.235. The van der Waals surface area contributed by atoms with Gasteiger partial charge in [-0.2, -0.15) is 0 Å². The van der Waals surface area contributed by atoms with Gasteiger partial charge in [-0.3, -0.25) is 15.1 Å². The summed E-state index contributed by atoms with van der Waals surface area (Å²) in [5.41, 5.74) is 2.41. The highest BCUT2D eigenvalue weighted by Crippen LogP contribution is 2.04. The molecule has 2 aromatic rings. The van der Waals surface area contributed by atoms with Crippen molar-refractivity contribution in [1.82, 2.24) is 10.3 Å². The van der Waals surface area contributed by atoms with E-state index < -0.39 is 0 Å². The third-order valence-corrected chi connectivity index (χ3v) is 2.66. The first-order valence-electron chi connectivity index (χ1n) is 5.74. The molecule has 0 aliphatic heterocycles. The smallest absolute Gasteiger partial charge is 0.257 e. The molecule has 0 saturated heterocycles. The molecule has 0 spiro atoms. The third kappa shape index (κ3) is 3.86. The van der Waals surface area contributed by atoms with E-state index in [-0.39, 0.29) is 11.0 Å². The molecule has 0 radical (unpaired) electrons. The standard InChI is InChI=1S/C14H13N3OS/c1-10-4-6-11(7-5-10)13(18)17-14(19)16-12-3-2-8-15-9-12/h2-9H,1H3,(H2,16,17,18,19). The van der Waals surface area contributed by atoms with Gasteiger partial charge in [0.05, 0.1) is 11.9 Å². The van der Waals surface area contributed by atoms with Crippen LogP contribution in [0.15, 0.2) is 48.8 Å². The zero-order chi connectivity index (χ0) is 13.7. The molecule has 2 N–H and O–H groups in total. The highest BCUT2D eigenvalue weighted by molar-refractivity contribution is 7.80. The first kappa shape index (κ1) is 13.2. The van der Waals surface area contributed by atoms with Crippen molar-refractivity contribution >= 4 is 28.9 Å². The molecule has 0 aliphatic rings. The Hall–Kier alpha value is -2.27. The zero-order valence-corrected chi connectivity index (χ0v) is 11.2. The van der Waals surface area contributed by atoms with E-state index in [1.54, 1.807) is 30.6 Å². The van der Waals surface area contributed by atoms with Gasteiger partial charge in [-0.15, -0.1) is 0 Å². The van der Waals surface area contributed by atoms with E-state index >= 15 is 0 Å². The Morgan fingerprint density at radius 2 is 1.95 bits per heavy atom. The third-order valence-electron chi connectivity index (χ3n) is 2.46. The number of carbonyl (C=O) groups is 1. The minimum absolute atomic E-state index is 0.235. The summed E-state index contributed by atoms with van der Waals surface area (Å²) in [6.07, 6.45) is 3.30. The molecule has 0 fully saturated rings. The van der Waals surface area contributed by atoms with Crippen LogP contribution >= 0.6 is 12.2 Å². The molecule has 0 saturated carbocycles. The number of aryl methyl sites for hydroxylation is 1. The number of anilines is 1. The Balaban J connectivity index is 1.95. The fraction of sp³-hybridized carbons (Fsp3) is 0.0714. The maximum absolute atomic E-state index is 11.9. The first-order chi connectivity index (χ1) is 9.15. The summed E-state index contributed by atoms with van der Waals surface area (Å²) >= 11 is 5.07. The van der Waals surface area contributed by atoms with Crippen molar-refractivity contribution in [1.29, 1.82) is 0 Å². The molecule has 0 aliphatic carbocycles. The fourth-order valence-electron chi connectivity index (χ4n) is 1.48. The van der Waals surface area contributed by atoms with E-state index in [0.29, 0.717) is 5.56 Å². The number of aromatic nitrogens is 1.